The molecule has 1 atom stereocenters. The van der Waals surface area contributed by atoms with E-state index in [1.807, 2.05) is 31.2 Å². The smallest absolute Gasteiger partial charge is 0.253 e. The van der Waals surface area contributed by atoms with Crippen LogP contribution in [0.2, 0.25) is 0 Å². The molecule has 154 valence electrons. The molecule has 1 fully saturated rings. The lowest BCUT2D eigenvalue weighted by Gasteiger charge is -2.39. The fraction of sp³-hybridized carbons (Fsp3) is 0.364. The highest BCUT2D eigenvalue weighted by atomic mass is 19.2. The number of hydrogen-bond donors (Lipinski definition) is 1. The second kappa shape index (κ2) is 8.59. The summed E-state index contributed by atoms with van der Waals surface area (Å²) in [5.41, 5.74) is 0.225. The molecule has 29 heavy (non-hydrogen) atoms. The Labute approximate surface area is 168 Å². The molecular weight excluding hydrogens is 378 g/mol. The van der Waals surface area contributed by atoms with Gasteiger partial charge in [0.05, 0.1) is 12.5 Å². The fourth-order valence-electron chi connectivity index (χ4n) is 3.59. The molecule has 7 heteroatoms. The minimum absolute atomic E-state index is 0.0740. The normalized spacial score (nSPS) is 19.0. The number of rotatable bonds is 5. The molecule has 0 saturated carbocycles. The van der Waals surface area contributed by atoms with Crippen LogP contribution in [0.3, 0.4) is 0 Å². The Morgan fingerprint density at radius 3 is 2.69 bits per heavy atom. The van der Waals surface area contributed by atoms with Crippen LogP contribution < -0.4 is 10.1 Å². The molecule has 0 aliphatic carbocycles. The molecule has 1 aliphatic heterocycles. The summed E-state index contributed by atoms with van der Waals surface area (Å²) in [6, 6.07) is 10.5. The van der Waals surface area contributed by atoms with Crippen molar-refractivity contribution < 1.29 is 23.1 Å². The van der Waals surface area contributed by atoms with Crippen molar-refractivity contribution in [1.29, 1.82) is 0 Å². The number of piperidine rings is 1. The highest BCUT2D eigenvalue weighted by Gasteiger charge is 2.39. The van der Waals surface area contributed by atoms with Gasteiger partial charge >= 0.3 is 0 Å². The fourth-order valence-corrected chi connectivity index (χ4v) is 3.59. The first-order valence-electron chi connectivity index (χ1n) is 9.48. The van der Waals surface area contributed by atoms with E-state index in [-0.39, 0.29) is 18.0 Å². The summed E-state index contributed by atoms with van der Waals surface area (Å²) >= 11 is 0. The van der Waals surface area contributed by atoms with E-state index >= 15 is 0 Å². The molecule has 1 heterocycles. The van der Waals surface area contributed by atoms with Crippen molar-refractivity contribution in [3.8, 4) is 5.75 Å². The average molecular weight is 402 g/mol. The van der Waals surface area contributed by atoms with Crippen molar-refractivity contribution in [2.75, 3.05) is 20.2 Å². The van der Waals surface area contributed by atoms with E-state index in [0.29, 0.717) is 31.7 Å². The van der Waals surface area contributed by atoms with Crippen molar-refractivity contribution in [2.45, 2.75) is 26.3 Å². The number of nitrogens with one attached hydrogen (secondary N) is 1. The van der Waals surface area contributed by atoms with E-state index in [1.165, 1.54) is 11.0 Å². The first kappa shape index (κ1) is 20.8. The summed E-state index contributed by atoms with van der Waals surface area (Å²) in [6.07, 6.45) is 1.29. The van der Waals surface area contributed by atoms with Gasteiger partial charge in [-0.05, 0) is 55.7 Å². The highest BCUT2D eigenvalue weighted by Crippen LogP contribution is 2.31. The molecule has 5 nitrogen and oxygen atoms in total. The third kappa shape index (κ3) is 4.72. The predicted octanol–water partition coefficient (Wildman–Crippen LogP) is 3.53. The Morgan fingerprint density at radius 2 is 1.97 bits per heavy atom. The molecule has 2 aromatic carbocycles. The van der Waals surface area contributed by atoms with Gasteiger partial charge in [0.2, 0.25) is 5.91 Å². The van der Waals surface area contributed by atoms with Gasteiger partial charge in [-0.1, -0.05) is 12.1 Å². The number of benzene rings is 2. The molecule has 0 aromatic heterocycles. The molecule has 2 amide bonds. The molecule has 0 radical (unpaired) electrons. The third-order valence-electron chi connectivity index (χ3n) is 5.29. The van der Waals surface area contributed by atoms with Crippen molar-refractivity contribution in [3.63, 3.8) is 0 Å². The molecule has 0 bridgehead atoms. The Morgan fingerprint density at radius 1 is 1.17 bits per heavy atom. The summed E-state index contributed by atoms with van der Waals surface area (Å²) in [5.74, 6) is -1.91. The first-order valence-corrected chi connectivity index (χ1v) is 9.48. The van der Waals surface area contributed by atoms with Crippen LogP contribution in [0.25, 0.3) is 0 Å². The van der Waals surface area contributed by atoms with Crippen molar-refractivity contribution >= 4 is 11.8 Å². The SMILES string of the molecule is COc1cccc(CNC(=O)C2(C)CCCN(C(=O)c3ccc(F)c(F)c3)C2)c1. The van der Waals surface area contributed by atoms with Gasteiger partial charge in [0.15, 0.2) is 11.6 Å². The maximum absolute atomic E-state index is 13.5. The maximum atomic E-state index is 13.5. The Hall–Kier alpha value is -2.96. The Kier molecular flexibility index (Phi) is 6.15. The van der Waals surface area contributed by atoms with Gasteiger partial charge in [-0.2, -0.15) is 0 Å². The van der Waals surface area contributed by atoms with Crippen LogP contribution in [0, 0.1) is 17.0 Å². The highest BCUT2D eigenvalue weighted by molar-refractivity contribution is 5.95. The minimum atomic E-state index is -1.06. The quantitative estimate of drug-likeness (QED) is 0.832. The van der Waals surface area contributed by atoms with Crippen LogP contribution in [0.1, 0.15) is 35.7 Å². The van der Waals surface area contributed by atoms with Gasteiger partial charge in [0.1, 0.15) is 5.75 Å². The second-order valence-electron chi connectivity index (χ2n) is 7.55. The lowest BCUT2D eigenvalue weighted by molar-refractivity contribution is -0.132. The Balaban J connectivity index is 1.66. The molecule has 0 spiro atoms. The molecule has 1 N–H and O–H groups in total. The van der Waals surface area contributed by atoms with E-state index in [4.69, 9.17) is 4.74 Å². The molecule has 1 unspecified atom stereocenters. The lowest BCUT2D eigenvalue weighted by Crippen LogP contribution is -2.51. The number of amides is 2. The van der Waals surface area contributed by atoms with E-state index in [1.54, 1.807) is 7.11 Å². The maximum Gasteiger partial charge on any atom is 0.253 e. The number of methoxy groups -OCH3 is 1. The minimum Gasteiger partial charge on any atom is -0.497 e. The number of carbonyl (C=O) groups is 2. The average Bonchev–Trinajstić information content (AvgIpc) is 2.73. The number of halogens is 2. The van der Waals surface area contributed by atoms with Gasteiger partial charge in [-0.25, -0.2) is 8.78 Å². The number of hydrogen-bond acceptors (Lipinski definition) is 3. The summed E-state index contributed by atoms with van der Waals surface area (Å²) in [7, 11) is 1.58. The van der Waals surface area contributed by atoms with Crippen molar-refractivity contribution in [3.05, 3.63) is 65.2 Å². The predicted molar refractivity (Wildman–Crippen MR) is 104 cm³/mol. The van der Waals surface area contributed by atoms with Crippen LogP contribution in [-0.4, -0.2) is 36.9 Å². The number of nitrogens with zero attached hydrogens (tertiary/aromatic N) is 1. The summed E-state index contributed by atoms with van der Waals surface area (Å²) < 4.78 is 31.8. The zero-order valence-corrected chi connectivity index (χ0v) is 16.5. The van der Waals surface area contributed by atoms with Crippen LogP contribution in [-0.2, 0) is 11.3 Å². The summed E-state index contributed by atoms with van der Waals surface area (Å²) in [5, 5.41) is 2.93. The first-order chi connectivity index (χ1) is 13.8. The lowest BCUT2D eigenvalue weighted by atomic mass is 9.80. The number of likely N-dealkylation sites (tertiary alicyclic amines) is 1. The van der Waals surface area contributed by atoms with Gasteiger partial charge in [0.25, 0.3) is 5.91 Å². The second-order valence-corrected chi connectivity index (χ2v) is 7.55. The molecule has 3 rings (SSSR count). The summed E-state index contributed by atoms with van der Waals surface area (Å²) in [4.78, 5) is 27.1. The largest absolute Gasteiger partial charge is 0.497 e. The summed E-state index contributed by atoms with van der Waals surface area (Å²) in [6.45, 7) is 2.85. The number of carbonyl (C=O) groups excluding carboxylic acids is 2. The van der Waals surface area contributed by atoms with Crippen molar-refractivity contribution in [1.82, 2.24) is 10.2 Å². The zero-order valence-electron chi connectivity index (χ0n) is 16.5. The standard InChI is InChI=1S/C22H24F2N2O3/c1-22(21(28)25-13-15-5-3-6-17(11-15)29-2)9-4-10-26(14-22)20(27)16-7-8-18(23)19(24)12-16/h3,5-8,11-12H,4,9-10,13-14H2,1-2H3,(H,25,28). The topological polar surface area (TPSA) is 58.6 Å². The number of ether oxygens (including phenoxy) is 1. The van der Waals surface area contributed by atoms with E-state index in [2.05, 4.69) is 5.32 Å². The van der Waals surface area contributed by atoms with E-state index in [9.17, 15) is 18.4 Å². The Bertz CT molecular complexity index is 919. The monoisotopic (exact) mass is 402 g/mol. The van der Waals surface area contributed by atoms with Crippen LogP contribution in [0.5, 0.6) is 5.75 Å². The van der Waals surface area contributed by atoms with Crippen LogP contribution in [0.4, 0.5) is 8.78 Å². The third-order valence-corrected chi connectivity index (χ3v) is 5.29. The van der Waals surface area contributed by atoms with Gasteiger partial charge in [0, 0.05) is 25.2 Å². The van der Waals surface area contributed by atoms with Gasteiger partial charge < -0.3 is 15.0 Å². The molecular formula is C22H24F2N2O3. The molecule has 2 aromatic rings. The molecule has 1 aliphatic rings. The van der Waals surface area contributed by atoms with E-state index < -0.39 is 23.0 Å². The van der Waals surface area contributed by atoms with Gasteiger partial charge in [-0.3, -0.25) is 9.59 Å². The van der Waals surface area contributed by atoms with Gasteiger partial charge in [-0.15, -0.1) is 0 Å². The van der Waals surface area contributed by atoms with Crippen LogP contribution >= 0.6 is 0 Å². The van der Waals surface area contributed by atoms with E-state index in [0.717, 1.165) is 17.7 Å². The van der Waals surface area contributed by atoms with Crippen molar-refractivity contribution in [2.24, 2.45) is 5.41 Å². The van der Waals surface area contributed by atoms with Crippen LogP contribution in [0.15, 0.2) is 42.5 Å². The zero-order chi connectivity index (χ0) is 21.0. The molecule has 1 saturated heterocycles.